The van der Waals surface area contributed by atoms with Crippen molar-refractivity contribution >= 4 is 5.97 Å². The first-order valence-electron chi connectivity index (χ1n) is 5.73. The molecule has 1 rings (SSSR count). The maximum Gasteiger partial charge on any atom is 0.335 e. The lowest BCUT2D eigenvalue weighted by molar-refractivity contribution is -0.152. The summed E-state index contributed by atoms with van der Waals surface area (Å²) >= 11 is 0. The highest BCUT2D eigenvalue weighted by molar-refractivity contribution is 5.74. The SMILES string of the molecule is C=CCOC(=O)C(O)CCCc1ccccc1. The Balaban J connectivity index is 2.22. The van der Waals surface area contributed by atoms with E-state index in [1.54, 1.807) is 0 Å². The molecular weight excluding hydrogens is 216 g/mol. The van der Waals surface area contributed by atoms with Crippen LogP contribution >= 0.6 is 0 Å². The molecule has 0 aromatic heterocycles. The van der Waals surface area contributed by atoms with Gasteiger partial charge in [0.05, 0.1) is 0 Å². The van der Waals surface area contributed by atoms with Crippen LogP contribution in [0.1, 0.15) is 18.4 Å². The number of esters is 1. The fraction of sp³-hybridized carbons (Fsp3) is 0.357. The second-order valence-electron chi connectivity index (χ2n) is 3.81. The van der Waals surface area contributed by atoms with Crippen molar-refractivity contribution in [2.75, 3.05) is 6.61 Å². The minimum atomic E-state index is -1.03. The molecule has 0 aliphatic heterocycles. The first-order valence-corrected chi connectivity index (χ1v) is 5.73. The van der Waals surface area contributed by atoms with Crippen molar-refractivity contribution in [3.05, 3.63) is 48.6 Å². The highest BCUT2D eigenvalue weighted by atomic mass is 16.5. The predicted octanol–water partition coefficient (Wildman–Crippen LogP) is 2.10. The van der Waals surface area contributed by atoms with Crippen molar-refractivity contribution in [3.63, 3.8) is 0 Å². The van der Waals surface area contributed by atoms with Gasteiger partial charge in [0.2, 0.25) is 0 Å². The van der Waals surface area contributed by atoms with Crippen LogP contribution in [0.5, 0.6) is 0 Å². The molecule has 3 heteroatoms. The molecule has 1 atom stereocenters. The zero-order valence-corrected chi connectivity index (χ0v) is 9.84. The maximum atomic E-state index is 11.2. The molecule has 0 heterocycles. The van der Waals surface area contributed by atoms with E-state index in [0.29, 0.717) is 6.42 Å². The van der Waals surface area contributed by atoms with E-state index in [4.69, 9.17) is 4.74 Å². The molecule has 0 fully saturated rings. The van der Waals surface area contributed by atoms with Crippen molar-refractivity contribution < 1.29 is 14.6 Å². The van der Waals surface area contributed by atoms with Crippen LogP contribution < -0.4 is 0 Å². The second kappa shape index (κ2) is 7.63. The highest BCUT2D eigenvalue weighted by Gasteiger charge is 2.15. The third-order valence-electron chi connectivity index (χ3n) is 2.40. The molecular formula is C14H18O3. The Kier molecular flexibility index (Phi) is 6.04. The van der Waals surface area contributed by atoms with Crippen LogP contribution in [0.25, 0.3) is 0 Å². The molecule has 0 aliphatic carbocycles. The molecule has 1 aromatic rings. The van der Waals surface area contributed by atoms with Crippen molar-refractivity contribution in [2.45, 2.75) is 25.4 Å². The number of ether oxygens (including phenoxy) is 1. The Labute approximate surface area is 102 Å². The lowest BCUT2D eigenvalue weighted by Gasteiger charge is -2.09. The third kappa shape index (κ3) is 5.31. The fourth-order valence-corrected chi connectivity index (χ4v) is 1.50. The number of carbonyl (C=O) groups is 1. The summed E-state index contributed by atoms with van der Waals surface area (Å²) in [7, 11) is 0. The van der Waals surface area contributed by atoms with Crippen LogP contribution in [0, 0.1) is 0 Å². The molecule has 0 saturated carbocycles. The van der Waals surface area contributed by atoms with E-state index < -0.39 is 12.1 Å². The summed E-state index contributed by atoms with van der Waals surface area (Å²) in [5.41, 5.74) is 1.21. The van der Waals surface area contributed by atoms with Gasteiger partial charge in [0.25, 0.3) is 0 Å². The van der Waals surface area contributed by atoms with Gasteiger partial charge < -0.3 is 9.84 Å². The van der Waals surface area contributed by atoms with Crippen LogP contribution in [-0.2, 0) is 16.0 Å². The fourth-order valence-electron chi connectivity index (χ4n) is 1.50. The number of hydrogen-bond acceptors (Lipinski definition) is 3. The number of carbonyl (C=O) groups excluding carboxylic acids is 1. The van der Waals surface area contributed by atoms with E-state index in [2.05, 4.69) is 6.58 Å². The van der Waals surface area contributed by atoms with Crippen LogP contribution in [0.2, 0.25) is 0 Å². The summed E-state index contributed by atoms with van der Waals surface area (Å²) in [6.07, 6.45) is 2.49. The number of hydrogen-bond donors (Lipinski definition) is 1. The van der Waals surface area contributed by atoms with Gasteiger partial charge in [-0.25, -0.2) is 4.79 Å². The molecule has 1 unspecified atom stereocenters. The number of benzene rings is 1. The van der Waals surface area contributed by atoms with E-state index in [9.17, 15) is 9.90 Å². The summed E-state index contributed by atoms with van der Waals surface area (Å²) in [4.78, 5) is 11.2. The van der Waals surface area contributed by atoms with Gasteiger partial charge in [0.15, 0.2) is 6.10 Å². The van der Waals surface area contributed by atoms with Gasteiger partial charge in [-0.05, 0) is 24.8 Å². The normalized spacial score (nSPS) is 11.8. The molecule has 3 nitrogen and oxygen atoms in total. The number of aryl methyl sites for hydroxylation is 1. The van der Waals surface area contributed by atoms with E-state index in [-0.39, 0.29) is 6.61 Å². The molecule has 0 spiro atoms. The lowest BCUT2D eigenvalue weighted by Crippen LogP contribution is -2.23. The third-order valence-corrected chi connectivity index (χ3v) is 2.40. The molecule has 92 valence electrons. The minimum absolute atomic E-state index is 0.147. The van der Waals surface area contributed by atoms with E-state index in [1.807, 2.05) is 30.3 Å². The predicted molar refractivity (Wildman–Crippen MR) is 66.5 cm³/mol. The largest absolute Gasteiger partial charge is 0.460 e. The quantitative estimate of drug-likeness (QED) is 0.580. The second-order valence-corrected chi connectivity index (χ2v) is 3.81. The molecule has 0 aliphatic rings. The van der Waals surface area contributed by atoms with E-state index >= 15 is 0 Å². The van der Waals surface area contributed by atoms with Gasteiger partial charge in [0, 0.05) is 0 Å². The summed E-state index contributed by atoms with van der Waals surface area (Å²) in [6.45, 7) is 3.58. The maximum absolute atomic E-state index is 11.2. The van der Waals surface area contributed by atoms with Crippen LogP contribution in [0.4, 0.5) is 0 Å². The first-order chi connectivity index (χ1) is 8.24. The summed E-state index contributed by atoms with van der Waals surface area (Å²) < 4.78 is 4.75. The van der Waals surface area contributed by atoms with Gasteiger partial charge in [-0.2, -0.15) is 0 Å². The number of aliphatic hydroxyl groups excluding tert-OH is 1. The summed E-state index contributed by atoms with van der Waals surface area (Å²) in [6, 6.07) is 9.98. The zero-order valence-electron chi connectivity index (χ0n) is 9.84. The Morgan fingerprint density at radius 1 is 1.41 bits per heavy atom. The Morgan fingerprint density at radius 3 is 2.76 bits per heavy atom. The Hall–Kier alpha value is -1.61. The molecule has 1 N–H and O–H groups in total. The number of rotatable bonds is 7. The smallest absolute Gasteiger partial charge is 0.335 e. The van der Waals surface area contributed by atoms with Gasteiger partial charge in [-0.1, -0.05) is 43.0 Å². The number of aliphatic hydroxyl groups is 1. The van der Waals surface area contributed by atoms with Crippen LogP contribution in [0.15, 0.2) is 43.0 Å². The lowest BCUT2D eigenvalue weighted by atomic mass is 10.1. The van der Waals surface area contributed by atoms with Gasteiger partial charge in [-0.15, -0.1) is 0 Å². The van der Waals surface area contributed by atoms with Crippen molar-refractivity contribution in [2.24, 2.45) is 0 Å². The van der Waals surface area contributed by atoms with Crippen molar-refractivity contribution in [1.82, 2.24) is 0 Å². The Bertz CT molecular complexity index is 346. The van der Waals surface area contributed by atoms with Crippen LogP contribution in [-0.4, -0.2) is 23.8 Å². The van der Waals surface area contributed by atoms with Crippen molar-refractivity contribution in [1.29, 1.82) is 0 Å². The zero-order chi connectivity index (χ0) is 12.5. The van der Waals surface area contributed by atoms with E-state index in [1.165, 1.54) is 11.6 Å². The van der Waals surface area contributed by atoms with Crippen LogP contribution in [0.3, 0.4) is 0 Å². The van der Waals surface area contributed by atoms with Gasteiger partial charge in [-0.3, -0.25) is 0 Å². The minimum Gasteiger partial charge on any atom is -0.460 e. The average molecular weight is 234 g/mol. The first kappa shape index (κ1) is 13.5. The van der Waals surface area contributed by atoms with Gasteiger partial charge in [0.1, 0.15) is 6.61 Å². The monoisotopic (exact) mass is 234 g/mol. The molecule has 1 aromatic carbocycles. The molecule has 0 amide bonds. The molecule has 0 saturated heterocycles. The topological polar surface area (TPSA) is 46.5 Å². The highest BCUT2D eigenvalue weighted by Crippen LogP contribution is 2.07. The Morgan fingerprint density at radius 2 is 2.12 bits per heavy atom. The molecule has 17 heavy (non-hydrogen) atoms. The average Bonchev–Trinajstić information content (AvgIpc) is 2.37. The molecule has 0 radical (unpaired) electrons. The van der Waals surface area contributed by atoms with Gasteiger partial charge >= 0.3 is 5.97 Å². The molecule has 0 bridgehead atoms. The summed E-state index contributed by atoms with van der Waals surface area (Å²) in [5, 5.41) is 9.51. The summed E-state index contributed by atoms with van der Waals surface area (Å²) in [5.74, 6) is -0.571. The van der Waals surface area contributed by atoms with Crippen molar-refractivity contribution in [3.8, 4) is 0 Å². The standard InChI is InChI=1S/C14H18O3/c1-2-11-17-14(16)13(15)10-6-9-12-7-4-3-5-8-12/h2-5,7-8,13,15H,1,6,9-11H2. The van der Waals surface area contributed by atoms with E-state index in [0.717, 1.165) is 12.8 Å².